The van der Waals surface area contributed by atoms with Crippen LogP contribution in [-0.4, -0.2) is 61.3 Å². The monoisotopic (exact) mass is 422 g/mol. The first-order valence-electron chi connectivity index (χ1n) is 8.01. The Hall–Kier alpha value is -2.39. The SMILES string of the molecule is COc1cc(C(=O)N2CCOCC2)ccc1Nc1ncc(Br)c(OC)n1. The second kappa shape index (κ2) is 8.33. The van der Waals surface area contributed by atoms with E-state index in [9.17, 15) is 4.79 Å². The predicted molar refractivity (Wildman–Crippen MR) is 99.3 cm³/mol. The van der Waals surface area contributed by atoms with Gasteiger partial charge in [-0.25, -0.2) is 4.98 Å². The van der Waals surface area contributed by atoms with E-state index in [0.29, 0.717) is 59.6 Å². The minimum Gasteiger partial charge on any atom is -0.495 e. The Morgan fingerprint density at radius 2 is 2.04 bits per heavy atom. The molecule has 1 aliphatic heterocycles. The summed E-state index contributed by atoms with van der Waals surface area (Å²) in [4.78, 5) is 22.8. The van der Waals surface area contributed by atoms with Gasteiger partial charge in [0.15, 0.2) is 0 Å². The van der Waals surface area contributed by atoms with Crippen LogP contribution in [0.5, 0.6) is 11.6 Å². The Bertz CT molecular complexity index is 796. The lowest BCUT2D eigenvalue weighted by Crippen LogP contribution is -2.40. The number of ether oxygens (including phenoxy) is 3. The number of carbonyl (C=O) groups excluding carboxylic acids is 1. The van der Waals surface area contributed by atoms with Crippen LogP contribution in [0.2, 0.25) is 0 Å². The number of benzene rings is 1. The van der Waals surface area contributed by atoms with Crippen LogP contribution in [0, 0.1) is 0 Å². The van der Waals surface area contributed by atoms with E-state index in [2.05, 4.69) is 31.2 Å². The van der Waals surface area contributed by atoms with Crippen LogP contribution >= 0.6 is 15.9 Å². The van der Waals surface area contributed by atoms with Crippen molar-refractivity contribution in [3.8, 4) is 11.6 Å². The Morgan fingerprint density at radius 1 is 1.27 bits per heavy atom. The van der Waals surface area contributed by atoms with Crippen molar-refractivity contribution in [3.05, 3.63) is 34.4 Å². The van der Waals surface area contributed by atoms with Crippen LogP contribution in [-0.2, 0) is 4.74 Å². The predicted octanol–water partition coefficient (Wildman–Crippen LogP) is 2.47. The second-order valence-electron chi connectivity index (χ2n) is 5.50. The molecule has 9 heteroatoms. The minimum absolute atomic E-state index is 0.0419. The molecule has 3 rings (SSSR count). The van der Waals surface area contributed by atoms with Crippen molar-refractivity contribution in [1.29, 1.82) is 0 Å². The lowest BCUT2D eigenvalue weighted by Gasteiger charge is -2.27. The number of halogens is 1. The molecule has 26 heavy (non-hydrogen) atoms. The fourth-order valence-corrected chi connectivity index (χ4v) is 2.90. The molecule has 8 nitrogen and oxygen atoms in total. The van der Waals surface area contributed by atoms with E-state index in [1.54, 1.807) is 36.4 Å². The van der Waals surface area contributed by atoms with E-state index >= 15 is 0 Å². The molecule has 2 aromatic rings. The van der Waals surface area contributed by atoms with Crippen LogP contribution < -0.4 is 14.8 Å². The Labute approximate surface area is 159 Å². The summed E-state index contributed by atoms with van der Waals surface area (Å²) in [6.07, 6.45) is 1.59. The quantitative estimate of drug-likeness (QED) is 0.791. The highest BCUT2D eigenvalue weighted by atomic mass is 79.9. The third-order valence-electron chi connectivity index (χ3n) is 3.90. The molecule has 2 heterocycles. The average Bonchev–Trinajstić information content (AvgIpc) is 2.69. The van der Waals surface area contributed by atoms with Gasteiger partial charge in [0.25, 0.3) is 5.91 Å². The largest absolute Gasteiger partial charge is 0.495 e. The van der Waals surface area contributed by atoms with E-state index in [1.165, 1.54) is 7.11 Å². The number of carbonyl (C=O) groups is 1. The van der Waals surface area contributed by atoms with E-state index < -0.39 is 0 Å². The van der Waals surface area contributed by atoms with Crippen LogP contribution in [0.15, 0.2) is 28.9 Å². The smallest absolute Gasteiger partial charge is 0.254 e. The zero-order chi connectivity index (χ0) is 18.5. The maximum absolute atomic E-state index is 12.6. The maximum Gasteiger partial charge on any atom is 0.254 e. The Kier molecular flexibility index (Phi) is 5.89. The highest BCUT2D eigenvalue weighted by Gasteiger charge is 2.20. The van der Waals surface area contributed by atoms with Gasteiger partial charge in [-0.3, -0.25) is 4.79 Å². The standard InChI is InChI=1S/C17H19BrN4O4/c1-24-14-9-11(16(23)22-5-7-26-8-6-22)3-4-13(14)20-17-19-10-12(18)15(21-17)25-2/h3-4,9-10H,5-8H2,1-2H3,(H,19,20,21). The molecule has 138 valence electrons. The average molecular weight is 423 g/mol. The summed E-state index contributed by atoms with van der Waals surface area (Å²) in [5.74, 6) is 1.26. The molecule has 1 fully saturated rings. The molecule has 0 unspecified atom stereocenters. The van der Waals surface area contributed by atoms with E-state index in [0.717, 1.165) is 0 Å². The fourth-order valence-electron chi connectivity index (χ4n) is 2.55. The van der Waals surface area contributed by atoms with Gasteiger partial charge in [-0.2, -0.15) is 4.98 Å². The first kappa shape index (κ1) is 18.4. The van der Waals surface area contributed by atoms with Gasteiger partial charge < -0.3 is 24.4 Å². The molecule has 0 aliphatic carbocycles. The Morgan fingerprint density at radius 3 is 2.73 bits per heavy atom. The number of nitrogens with one attached hydrogen (secondary N) is 1. The first-order valence-corrected chi connectivity index (χ1v) is 8.80. The van der Waals surface area contributed by atoms with E-state index in [1.807, 2.05) is 0 Å². The highest BCUT2D eigenvalue weighted by Crippen LogP contribution is 2.30. The van der Waals surface area contributed by atoms with E-state index in [-0.39, 0.29) is 5.91 Å². The van der Waals surface area contributed by atoms with Crippen LogP contribution in [0.3, 0.4) is 0 Å². The summed E-state index contributed by atoms with van der Waals surface area (Å²) in [5.41, 5.74) is 1.21. The third-order valence-corrected chi connectivity index (χ3v) is 4.44. The molecule has 0 saturated carbocycles. The lowest BCUT2D eigenvalue weighted by atomic mass is 10.1. The van der Waals surface area contributed by atoms with Crippen molar-refractivity contribution in [3.63, 3.8) is 0 Å². The number of amides is 1. The van der Waals surface area contributed by atoms with Crippen molar-refractivity contribution < 1.29 is 19.0 Å². The molecule has 1 saturated heterocycles. The number of nitrogens with zero attached hydrogens (tertiary/aromatic N) is 3. The molecular weight excluding hydrogens is 404 g/mol. The van der Waals surface area contributed by atoms with Gasteiger partial charge in [-0.15, -0.1) is 0 Å². The highest BCUT2D eigenvalue weighted by molar-refractivity contribution is 9.10. The number of anilines is 2. The fraction of sp³-hybridized carbons (Fsp3) is 0.353. The molecule has 1 N–H and O–H groups in total. The van der Waals surface area contributed by atoms with Gasteiger partial charge in [-0.1, -0.05) is 0 Å². The molecule has 0 atom stereocenters. The van der Waals surface area contributed by atoms with Gasteiger partial charge in [0.2, 0.25) is 11.8 Å². The number of hydrogen-bond acceptors (Lipinski definition) is 7. The molecule has 1 amide bonds. The zero-order valence-corrected chi connectivity index (χ0v) is 16.1. The summed E-state index contributed by atoms with van der Waals surface area (Å²) in [6, 6.07) is 5.22. The summed E-state index contributed by atoms with van der Waals surface area (Å²) >= 11 is 3.31. The summed E-state index contributed by atoms with van der Waals surface area (Å²) in [7, 11) is 3.08. The van der Waals surface area contributed by atoms with Crippen LogP contribution in [0.4, 0.5) is 11.6 Å². The third kappa shape index (κ3) is 4.05. The number of rotatable bonds is 5. The van der Waals surface area contributed by atoms with Gasteiger partial charge in [0, 0.05) is 18.7 Å². The van der Waals surface area contributed by atoms with Gasteiger partial charge in [0.05, 0.1) is 43.8 Å². The Balaban J connectivity index is 1.81. The summed E-state index contributed by atoms with van der Waals surface area (Å²) < 4.78 is 16.5. The van der Waals surface area contributed by atoms with Gasteiger partial charge in [-0.05, 0) is 34.1 Å². The van der Waals surface area contributed by atoms with Crippen molar-refractivity contribution in [2.24, 2.45) is 0 Å². The lowest BCUT2D eigenvalue weighted by molar-refractivity contribution is 0.0302. The number of hydrogen-bond donors (Lipinski definition) is 1. The summed E-state index contributed by atoms with van der Waals surface area (Å²) in [5, 5.41) is 3.08. The number of morpholine rings is 1. The van der Waals surface area contributed by atoms with Crippen LogP contribution in [0.1, 0.15) is 10.4 Å². The van der Waals surface area contributed by atoms with E-state index in [4.69, 9.17) is 14.2 Å². The molecule has 1 aromatic carbocycles. The van der Waals surface area contributed by atoms with Crippen molar-refractivity contribution in [1.82, 2.24) is 14.9 Å². The van der Waals surface area contributed by atoms with Crippen LogP contribution in [0.25, 0.3) is 0 Å². The molecule has 0 radical (unpaired) electrons. The first-order chi connectivity index (χ1) is 12.6. The molecule has 0 bridgehead atoms. The molecule has 1 aliphatic rings. The second-order valence-corrected chi connectivity index (χ2v) is 6.35. The molecule has 1 aromatic heterocycles. The van der Waals surface area contributed by atoms with Crippen molar-refractivity contribution in [2.75, 3.05) is 45.8 Å². The van der Waals surface area contributed by atoms with Gasteiger partial charge in [0.1, 0.15) is 5.75 Å². The summed E-state index contributed by atoms with van der Waals surface area (Å²) in [6.45, 7) is 2.30. The molecule has 0 spiro atoms. The van der Waals surface area contributed by atoms with Gasteiger partial charge >= 0.3 is 0 Å². The van der Waals surface area contributed by atoms with Crippen molar-refractivity contribution in [2.45, 2.75) is 0 Å². The maximum atomic E-state index is 12.6. The molecular formula is C17H19BrN4O4. The number of methoxy groups -OCH3 is 2. The minimum atomic E-state index is -0.0419. The number of aromatic nitrogens is 2. The zero-order valence-electron chi connectivity index (χ0n) is 14.5. The van der Waals surface area contributed by atoms with Crippen molar-refractivity contribution >= 4 is 33.5 Å². The topological polar surface area (TPSA) is 85.8 Å². The normalized spacial score (nSPS) is 14.0.